The number of aryl methyl sites for hydroxylation is 2. The lowest BCUT2D eigenvalue weighted by molar-refractivity contribution is 0.0946. The number of nitrogen functional groups attached to an aromatic ring is 2. The molecule has 2 aromatic heterocycles. The zero-order valence-corrected chi connectivity index (χ0v) is 13.5. The van der Waals surface area contributed by atoms with Crippen LogP contribution in [0, 0.1) is 0 Å². The molecule has 2 aromatic rings. The van der Waals surface area contributed by atoms with E-state index in [-0.39, 0.29) is 11.9 Å². The van der Waals surface area contributed by atoms with Crippen LogP contribution < -0.4 is 16.8 Å². The van der Waals surface area contributed by atoms with E-state index in [9.17, 15) is 4.79 Å². The predicted molar refractivity (Wildman–Crippen MR) is 88.1 cm³/mol. The number of nitrogens with one attached hydrogen (secondary N) is 1. The second-order valence-electron chi connectivity index (χ2n) is 5.46. The molecule has 3 rings (SSSR count). The Kier molecular flexibility index (Phi) is 4.65. The molecule has 2 heterocycles. The Hall–Kier alpha value is -2.29. The summed E-state index contributed by atoms with van der Waals surface area (Å²) in [4.78, 5) is 20.8. The van der Waals surface area contributed by atoms with Gasteiger partial charge in [-0.05, 0) is 32.1 Å². The Morgan fingerprint density at radius 3 is 2.78 bits per heavy atom. The minimum Gasteiger partial charge on any atom is -0.374 e. The Bertz CT molecular complexity index is 715. The van der Waals surface area contributed by atoms with E-state index in [1.807, 2.05) is 0 Å². The number of nitrogens with zero attached hydrogens (tertiary/aromatic N) is 4. The van der Waals surface area contributed by atoms with Crippen molar-refractivity contribution in [2.75, 3.05) is 18.0 Å². The molecule has 0 saturated heterocycles. The lowest BCUT2D eigenvalue weighted by atomic mass is 9.94. The summed E-state index contributed by atoms with van der Waals surface area (Å²) < 4.78 is 0. The fourth-order valence-corrected chi connectivity index (χ4v) is 3.34. The molecular formula is C14H19N7OS. The quantitative estimate of drug-likeness (QED) is 0.687. The van der Waals surface area contributed by atoms with E-state index in [1.165, 1.54) is 11.3 Å². The van der Waals surface area contributed by atoms with Gasteiger partial charge in [0.1, 0.15) is 10.7 Å². The average molecular weight is 333 g/mol. The first kappa shape index (κ1) is 15.6. The number of nitrogens with two attached hydrogens (primary N) is 2. The second-order valence-corrected chi connectivity index (χ2v) is 6.55. The summed E-state index contributed by atoms with van der Waals surface area (Å²) in [5, 5.41) is 12.0. The topological polar surface area (TPSA) is 133 Å². The number of fused-ring (bicyclic) bond motifs is 1. The smallest absolute Gasteiger partial charge is 0.270 e. The Balaban J connectivity index is 1.59. The monoisotopic (exact) mass is 333 g/mol. The van der Waals surface area contributed by atoms with Crippen molar-refractivity contribution in [3.8, 4) is 0 Å². The molecule has 0 aliphatic heterocycles. The lowest BCUT2D eigenvalue weighted by Gasteiger charge is -2.17. The third-order valence-corrected chi connectivity index (χ3v) is 4.56. The van der Waals surface area contributed by atoms with Gasteiger partial charge in [-0.25, -0.2) is 9.97 Å². The van der Waals surface area contributed by atoms with Crippen LogP contribution in [0.1, 0.15) is 46.0 Å². The van der Waals surface area contributed by atoms with Gasteiger partial charge in [0.05, 0.1) is 0 Å². The fourth-order valence-electron chi connectivity index (χ4n) is 2.69. The van der Waals surface area contributed by atoms with Crippen molar-refractivity contribution >= 4 is 28.3 Å². The summed E-state index contributed by atoms with van der Waals surface area (Å²) >= 11 is 1.37. The van der Waals surface area contributed by atoms with Crippen molar-refractivity contribution in [2.24, 2.45) is 0 Å². The van der Waals surface area contributed by atoms with Crippen LogP contribution in [0.15, 0.2) is 0 Å². The van der Waals surface area contributed by atoms with Crippen molar-refractivity contribution in [3.63, 3.8) is 0 Å². The van der Waals surface area contributed by atoms with Gasteiger partial charge in [-0.15, -0.1) is 10.2 Å². The van der Waals surface area contributed by atoms with Crippen molar-refractivity contribution < 1.29 is 4.79 Å². The number of hydrogen-bond donors (Lipinski definition) is 3. The largest absolute Gasteiger partial charge is 0.374 e. The van der Waals surface area contributed by atoms with Gasteiger partial charge in [0.15, 0.2) is 0 Å². The van der Waals surface area contributed by atoms with Crippen molar-refractivity contribution in [1.82, 2.24) is 25.5 Å². The summed E-state index contributed by atoms with van der Waals surface area (Å²) in [6, 6.07) is 0. The van der Waals surface area contributed by atoms with Crippen LogP contribution in [0.25, 0.3) is 0 Å². The molecule has 0 aromatic carbocycles. The molecule has 0 saturated carbocycles. The summed E-state index contributed by atoms with van der Waals surface area (Å²) in [5.74, 6) is -0.0193. The molecule has 0 atom stereocenters. The lowest BCUT2D eigenvalue weighted by Crippen LogP contribution is -2.28. The molecular weight excluding hydrogens is 314 g/mol. The minimum absolute atomic E-state index is 0.167. The normalized spacial score (nSPS) is 13.6. The zero-order valence-electron chi connectivity index (χ0n) is 12.7. The average Bonchev–Trinajstić information content (AvgIpc) is 2.96. The third-order valence-electron chi connectivity index (χ3n) is 3.75. The summed E-state index contributed by atoms with van der Waals surface area (Å²) in [7, 11) is 0. The molecule has 1 aliphatic rings. The van der Waals surface area contributed by atoms with E-state index in [0.717, 1.165) is 54.8 Å². The zero-order chi connectivity index (χ0) is 16.2. The van der Waals surface area contributed by atoms with Crippen LogP contribution in [0.3, 0.4) is 0 Å². The Labute approximate surface area is 137 Å². The molecule has 0 unspecified atom stereocenters. The summed E-state index contributed by atoms with van der Waals surface area (Å²) in [6.45, 7) is 0.539. The maximum absolute atomic E-state index is 12.4. The second kappa shape index (κ2) is 6.86. The minimum atomic E-state index is -0.186. The predicted octanol–water partition coefficient (Wildman–Crippen LogP) is 0.734. The highest BCUT2D eigenvalue weighted by molar-refractivity contribution is 7.15. The van der Waals surface area contributed by atoms with E-state index in [2.05, 4.69) is 25.5 Å². The summed E-state index contributed by atoms with van der Waals surface area (Å²) in [5.41, 5.74) is 13.5. The first-order chi connectivity index (χ1) is 11.1. The molecule has 8 nitrogen and oxygen atoms in total. The molecule has 23 heavy (non-hydrogen) atoms. The van der Waals surface area contributed by atoms with Gasteiger partial charge < -0.3 is 16.8 Å². The number of rotatable bonds is 5. The van der Waals surface area contributed by atoms with Gasteiger partial charge in [-0.3, -0.25) is 4.79 Å². The first-order valence-corrected chi connectivity index (χ1v) is 8.46. The Morgan fingerprint density at radius 1 is 1.17 bits per heavy atom. The fraction of sp³-hybridized carbons (Fsp3) is 0.500. The highest BCUT2D eigenvalue weighted by Crippen LogP contribution is 2.22. The number of carbonyl (C=O) groups is 1. The molecule has 1 aliphatic carbocycles. The van der Waals surface area contributed by atoms with Gasteiger partial charge >= 0.3 is 0 Å². The summed E-state index contributed by atoms with van der Waals surface area (Å²) in [6.07, 6.45) is 5.33. The van der Waals surface area contributed by atoms with Gasteiger partial charge in [-0.1, -0.05) is 11.3 Å². The molecule has 5 N–H and O–H groups in total. The molecule has 1 amide bonds. The van der Waals surface area contributed by atoms with Gasteiger partial charge in [0.2, 0.25) is 11.1 Å². The molecule has 0 fully saturated rings. The number of amides is 1. The third kappa shape index (κ3) is 3.73. The van der Waals surface area contributed by atoms with Crippen molar-refractivity contribution in [2.45, 2.75) is 38.5 Å². The Morgan fingerprint density at radius 2 is 2.00 bits per heavy atom. The van der Waals surface area contributed by atoms with Gasteiger partial charge in [0.25, 0.3) is 5.91 Å². The van der Waals surface area contributed by atoms with Crippen molar-refractivity contribution in [3.05, 3.63) is 22.0 Å². The van der Waals surface area contributed by atoms with Crippen LogP contribution in [0.2, 0.25) is 0 Å². The highest BCUT2D eigenvalue weighted by atomic mass is 32.1. The van der Waals surface area contributed by atoms with E-state index in [0.29, 0.717) is 17.4 Å². The number of carbonyl (C=O) groups excluding carboxylic acids is 1. The van der Waals surface area contributed by atoms with Crippen LogP contribution >= 0.6 is 11.3 Å². The molecule has 9 heteroatoms. The number of aromatic nitrogens is 4. The molecule has 0 bridgehead atoms. The van der Waals surface area contributed by atoms with Gasteiger partial charge in [-0.2, -0.15) is 0 Å². The van der Waals surface area contributed by atoms with E-state index in [1.54, 1.807) is 0 Å². The maximum Gasteiger partial charge on any atom is 0.270 e. The van der Waals surface area contributed by atoms with E-state index < -0.39 is 0 Å². The maximum atomic E-state index is 12.4. The number of hydrogen-bond acceptors (Lipinski definition) is 8. The van der Waals surface area contributed by atoms with Crippen molar-refractivity contribution in [1.29, 1.82) is 0 Å². The molecule has 122 valence electrons. The van der Waals surface area contributed by atoms with Crippen LogP contribution in [-0.2, 0) is 19.3 Å². The van der Waals surface area contributed by atoms with E-state index in [4.69, 9.17) is 11.5 Å². The van der Waals surface area contributed by atoms with Crippen LogP contribution in [0.5, 0.6) is 0 Å². The highest BCUT2D eigenvalue weighted by Gasteiger charge is 2.21. The first-order valence-electron chi connectivity index (χ1n) is 7.65. The number of anilines is 2. The van der Waals surface area contributed by atoms with E-state index >= 15 is 0 Å². The SMILES string of the molecule is Nc1nc2c(c(C(=O)NCCCc3nnc(N)s3)n1)CCCC2. The van der Waals surface area contributed by atoms with Crippen LogP contribution in [-0.4, -0.2) is 32.6 Å². The molecule has 0 radical (unpaired) electrons. The molecule has 0 spiro atoms. The van der Waals surface area contributed by atoms with Crippen LogP contribution in [0.4, 0.5) is 11.1 Å². The van der Waals surface area contributed by atoms with Gasteiger partial charge in [0, 0.05) is 24.2 Å². The standard InChI is InChI=1S/C14H19N7OS/c15-13-18-9-5-2-1-4-8(9)11(19-13)12(22)17-7-3-6-10-20-21-14(16)23-10/h1-7H2,(H2,16,21)(H,17,22)(H2,15,18,19).